The van der Waals surface area contributed by atoms with E-state index in [1.54, 1.807) is 7.11 Å². The van der Waals surface area contributed by atoms with Gasteiger partial charge >= 0.3 is 0 Å². The molecular formula is C28H43N2O3P. The number of hydrogen-bond acceptors (Lipinski definition) is 5. The van der Waals surface area contributed by atoms with Crippen molar-refractivity contribution in [3.63, 3.8) is 0 Å². The Morgan fingerprint density at radius 1 is 1.12 bits per heavy atom. The van der Waals surface area contributed by atoms with Gasteiger partial charge in [0.25, 0.3) is 0 Å². The van der Waals surface area contributed by atoms with Crippen LogP contribution in [-0.4, -0.2) is 49.5 Å². The van der Waals surface area contributed by atoms with E-state index in [-0.39, 0.29) is 0 Å². The number of benzene rings is 1. The fourth-order valence-electron chi connectivity index (χ4n) is 4.51. The molecule has 34 heavy (non-hydrogen) atoms. The van der Waals surface area contributed by atoms with Crippen molar-refractivity contribution in [2.45, 2.75) is 59.3 Å². The van der Waals surface area contributed by atoms with E-state index in [0.29, 0.717) is 23.8 Å². The van der Waals surface area contributed by atoms with Gasteiger partial charge in [0.15, 0.2) is 0 Å². The van der Waals surface area contributed by atoms with Gasteiger partial charge < -0.3 is 19.3 Å². The van der Waals surface area contributed by atoms with Gasteiger partial charge in [0.2, 0.25) is 5.88 Å². The Morgan fingerprint density at radius 2 is 1.88 bits per heavy atom. The van der Waals surface area contributed by atoms with Crippen molar-refractivity contribution >= 4 is 13.8 Å². The number of methoxy groups -OCH3 is 1. The van der Waals surface area contributed by atoms with Crippen LogP contribution in [0.1, 0.15) is 57.6 Å². The molecule has 0 saturated carbocycles. The Kier molecular flexibility index (Phi) is 10.0. The maximum atomic E-state index is 9.59. The van der Waals surface area contributed by atoms with Crippen molar-refractivity contribution < 1.29 is 14.4 Å². The summed E-state index contributed by atoms with van der Waals surface area (Å²) in [6.07, 6.45) is 9.27. The van der Waals surface area contributed by atoms with E-state index in [1.807, 2.05) is 25.0 Å². The summed E-state index contributed by atoms with van der Waals surface area (Å²) in [5.74, 6) is 2.17. The maximum absolute atomic E-state index is 9.59. The number of hydrogen-bond donors (Lipinski definition) is 1. The van der Waals surface area contributed by atoms with Gasteiger partial charge in [-0.1, -0.05) is 26.8 Å². The molecule has 0 bridgehead atoms. The highest BCUT2D eigenvalue weighted by atomic mass is 31.1. The number of aromatic nitrogens is 1. The van der Waals surface area contributed by atoms with Gasteiger partial charge in [-0.2, -0.15) is 0 Å². The molecule has 0 spiro atoms. The summed E-state index contributed by atoms with van der Waals surface area (Å²) >= 11 is 0. The average molecular weight is 487 g/mol. The third-order valence-electron chi connectivity index (χ3n) is 6.61. The van der Waals surface area contributed by atoms with E-state index in [2.05, 4.69) is 48.9 Å². The number of nitrogens with zero attached hydrogens (tertiary/aromatic N) is 2. The molecule has 2 aromatic rings. The normalized spacial score (nSPS) is 15.9. The summed E-state index contributed by atoms with van der Waals surface area (Å²) in [7, 11) is 0.882. The fraction of sp³-hybridized carbons (Fsp3) is 0.607. The second-order valence-corrected chi connectivity index (χ2v) is 12.5. The van der Waals surface area contributed by atoms with Crippen molar-refractivity contribution in [2.75, 3.05) is 44.5 Å². The predicted molar refractivity (Wildman–Crippen MR) is 144 cm³/mol. The first-order valence-corrected chi connectivity index (χ1v) is 14.6. The zero-order chi connectivity index (χ0) is 24.6. The fourth-order valence-corrected chi connectivity index (χ4v) is 5.09. The molecule has 1 saturated heterocycles. The molecule has 1 aliphatic heterocycles. The van der Waals surface area contributed by atoms with Gasteiger partial charge in [0.1, 0.15) is 5.75 Å². The molecule has 0 radical (unpaired) electrons. The molecule has 1 unspecified atom stereocenters. The maximum Gasteiger partial charge on any atom is 0.213 e. The summed E-state index contributed by atoms with van der Waals surface area (Å²) in [5.41, 5.74) is 4.32. The van der Waals surface area contributed by atoms with Crippen molar-refractivity contribution in [3.05, 3.63) is 47.7 Å². The number of anilines is 1. The molecule has 1 aliphatic rings. The number of ether oxygens (including phenoxy) is 2. The lowest BCUT2D eigenvalue weighted by Crippen LogP contribution is -2.36. The third kappa shape index (κ3) is 8.74. The molecule has 2 heterocycles. The van der Waals surface area contributed by atoms with E-state index < -0.39 is 8.15 Å². The molecule has 188 valence electrons. The zero-order valence-corrected chi connectivity index (χ0v) is 22.6. The Morgan fingerprint density at radius 3 is 2.56 bits per heavy atom. The van der Waals surface area contributed by atoms with Gasteiger partial charge in [-0.25, -0.2) is 4.98 Å². The van der Waals surface area contributed by atoms with Crippen LogP contribution in [0.5, 0.6) is 11.6 Å². The highest BCUT2D eigenvalue weighted by Gasteiger charge is 2.22. The molecular weight excluding hydrogens is 443 g/mol. The van der Waals surface area contributed by atoms with Gasteiger partial charge in [-0.05, 0) is 85.9 Å². The summed E-state index contributed by atoms with van der Waals surface area (Å²) in [6.45, 7) is 11.6. The number of aryl methyl sites for hydroxylation is 2. The highest BCUT2D eigenvalue weighted by molar-refractivity contribution is 7.50. The van der Waals surface area contributed by atoms with E-state index >= 15 is 0 Å². The van der Waals surface area contributed by atoms with Crippen molar-refractivity contribution in [3.8, 4) is 11.6 Å². The van der Waals surface area contributed by atoms with E-state index in [1.165, 1.54) is 29.7 Å². The monoisotopic (exact) mass is 486 g/mol. The third-order valence-corrected chi connectivity index (χ3v) is 7.48. The number of rotatable bonds is 11. The van der Waals surface area contributed by atoms with Crippen LogP contribution in [0.2, 0.25) is 0 Å². The van der Waals surface area contributed by atoms with Crippen LogP contribution in [0.15, 0.2) is 36.5 Å². The number of piperidine rings is 1. The second-order valence-electron chi connectivity index (χ2n) is 10.8. The highest BCUT2D eigenvalue weighted by Crippen LogP contribution is 2.32. The summed E-state index contributed by atoms with van der Waals surface area (Å²) < 4.78 is 11.6. The first kappa shape index (κ1) is 26.8. The van der Waals surface area contributed by atoms with Crippen LogP contribution in [0.3, 0.4) is 0 Å². The van der Waals surface area contributed by atoms with E-state index in [9.17, 15) is 4.89 Å². The molecule has 0 amide bonds. The van der Waals surface area contributed by atoms with Crippen molar-refractivity contribution in [1.29, 1.82) is 0 Å². The Bertz CT molecular complexity index is 889. The van der Waals surface area contributed by atoms with Crippen LogP contribution >= 0.6 is 8.15 Å². The predicted octanol–water partition coefficient (Wildman–Crippen LogP) is 6.32. The largest absolute Gasteiger partial charge is 0.497 e. The van der Waals surface area contributed by atoms with Crippen molar-refractivity contribution in [2.24, 2.45) is 11.3 Å². The zero-order valence-electron chi connectivity index (χ0n) is 21.7. The molecule has 1 N–H and O–H groups in total. The smallest absolute Gasteiger partial charge is 0.213 e. The van der Waals surface area contributed by atoms with Crippen LogP contribution in [-0.2, 0) is 12.8 Å². The van der Waals surface area contributed by atoms with Crippen LogP contribution in [0, 0.1) is 11.3 Å². The minimum absolute atomic E-state index is 0.372. The molecule has 5 nitrogen and oxygen atoms in total. The minimum atomic E-state index is -0.864. The van der Waals surface area contributed by atoms with Gasteiger partial charge in [0, 0.05) is 45.3 Å². The first-order chi connectivity index (χ1) is 16.2. The molecule has 6 heteroatoms. The summed E-state index contributed by atoms with van der Waals surface area (Å²) in [6, 6.07) is 10.6. The van der Waals surface area contributed by atoms with Crippen LogP contribution in [0.25, 0.3) is 0 Å². The Balaban J connectivity index is 1.53. The quantitative estimate of drug-likeness (QED) is 0.377. The van der Waals surface area contributed by atoms with E-state index in [4.69, 9.17) is 9.47 Å². The minimum Gasteiger partial charge on any atom is -0.497 e. The molecule has 3 rings (SSSR count). The lowest BCUT2D eigenvalue weighted by atomic mass is 9.88. The SMILES string of the molecule is COc1ccc(CCCC(C)(C)C)c(N2CCC(COc3cc(CCP(C)O)ccn3)CC2)c1. The Labute approximate surface area is 207 Å². The topological polar surface area (TPSA) is 54.8 Å². The lowest BCUT2D eigenvalue weighted by molar-refractivity contribution is 0.216. The molecule has 1 aromatic carbocycles. The van der Waals surface area contributed by atoms with Crippen LogP contribution < -0.4 is 14.4 Å². The first-order valence-electron chi connectivity index (χ1n) is 12.6. The van der Waals surface area contributed by atoms with Gasteiger partial charge in [0.05, 0.1) is 13.7 Å². The standard InChI is InChI=1S/C28H43N2O3P/c1-28(2,3)14-6-7-24-8-9-25(32-4)20-26(24)30-16-11-23(12-17-30)21-33-27-19-22(10-15-29-27)13-18-34(5)31/h8-10,15,19-20,23,31H,6-7,11-14,16-18,21H2,1-5H3. The number of pyridine rings is 1. The molecule has 1 aromatic heterocycles. The van der Waals surface area contributed by atoms with Gasteiger partial charge in [-0.15, -0.1) is 0 Å². The van der Waals surface area contributed by atoms with Crippen LogP contribution in [0.4, 0.5) is 5.69 Å². The molecule has 1 atom stereocenters. The Hall–Kier alpha value is -1.84. The average Bonchev–Trinajstić information content (AvgIpc) is 2.81. The van der Waals surface area contributed by atoms with Gasteiger partial charge in [-0.3, -0.25) is 0 Å². The summed E-state index contributed by atoms with van der Waals surface area (Å²) in [5, 5.41) is 0. The molecule has 0 aliphatic carbocycles. The second kappa shape index (κ2) is 12.7. The summed E-state index contributed by atoms with van der Waals surface area (Å²) in [4.78, 5) is 16.5. The van der Waals surface area contributed by atoms with E-state index in [0.717, 1.165) is 50.7 Å². The van der Waals surface area contributed by atoms with Crippen molar-refractivity contribution in [1.82, 2.24) is 4.98 Å². The molecule has 1 fully saturated rings. The lowest BCUT2D eigenvalue weighted by Gasteiger charge is -2.35.